The van der Waals surface area contributed by atoms with E-state index in [9.17, 15) is 24.2 Å². The summed E-state index contributed by atoms with van der Waals surface area (Å²) in [5, 5.41) is 21.6. The van der Waals surface area contributed by atoms with Gasteiger partial charge in [0.05, 0.1) is 17.4 Å². The minimum absolute atomic E-state index is 0. The first-order valence-electron chi connectivity index (χ1n) is 5.34. The maximum atomic E-state index is 12.7. The molecule has 0 amide bonds. The maximum Gasteiger partial charge on any atom is 1.00 e. The molecule has 1 fully saturated rings. The summed E-state index contributed by atoms with van der Waals surface area (Å²) < 4.78 is 12.7. The van der Waals surface area contributed by atoms with Crippen LogP contribution in [0.15, 0.2) is 24.3 Å². The van der Waals surface area contributed by atoms with Crippen molar-refractivity contribution in [1.29, 1.82) is 0 Å². The van der Waals surface area contributed by atoms with Crippen LogP contribution in [0.3, 0.4) is 0 Å². The third-order valence-electron chi connectivity index (χ3n) is 3.09. The van der Waals surface area contributed by atoms with Gasteiger partial charge >= 0.3 is 59.1 Å². The van der Waals surface area contributed by atoms with Crippen molar-refractivity contribution >= 4 is 11.9 Å². The molecule has 0 N–H and O–H groups in total. The van der Waals surface area contributed by atoms with E-state index >= 15 is 0 Å². The van der Waals surface area contributed by atoms with E-state index < -0.39 is 17.4 Å². The second-order valence-electron chi connectivity index (χ2n) is 4.43. The number of rotatable bonds is 4. The fourth-order valence-corrected chi connectivity index (χ4v) is 2.02. The first-order valence-corrected chi connectivity index (χ1v) is 5.34. The predicted octanol–water partition coefficient (Wildman–Crippen LogP) is -7.86. The first kappa shape index (κ1) is 20.1. The quantitative estimate of drug-likeness (QED) is 0.407. The van der Waals surface area contributed by atoms with Gasteiger partial charge < -0.3 is 19.8 Å². The van der Waals surface area contributed by atoms with Crippen LogP contribution in [-0.2, 0) is 16.1 Å². The molecular weight excluding hydrogens is 287 g/mol. The number of aliphatic carboxylic acids is 2. The second-order valence-corrected chi connectivity index (χ2v) is 4.43. The number of carboxylic acid groups (broad SMARTS) is 2. The third-order valence-corrected chi connectivity index (χ3v) is 3.09. The number of benzene rings is 1. The minimum atomic E-state index is -1.92. The zero-order valence-corrected chi connectivity index (χ0v) is 15.4. The maximum absolute atomic E-state index is 12.7. The first-order chi connectivity index (χ1) is 8.44. The van der Waals surface area contributed by atoms with Crippen molar-refractivity contribution in [2.24, 2.45) is 5.41 Å². The van der Waals surface area contributed by atoms with Gasteiger partial charge in [0, 0.05) is 19.6 Å². The number of likely N-dealkylation sites (tertiary alicyclic amines) is 1. The average Bonchev–Trinajstić information content (AvgIpc) is 2.24. The Kier molecular flexibility index (Phi) is 7.91. The number of hydrogen-bond donors (Lipinski definition) is 0. The molecule has 0 saturated carbocycles. The number of hydrogen-bond acceptors (Lipinski definition) is 5. The van der Waals surface area contributed by atoms with Gasteiger partial charge in [0.15, 0.2) is 0 Å². The molecule has 1 saturated heterocycles. The number of carbonyl (C=O) groups excluding carboxylic acids is 2. The largest absolute Gasteiger partial charge is 1.00 e. The van der Waals surface area contributed by atoms with Crippen LogP contribution in [0.25, 0.3) is 0 Å². The Hall–Kier alpha value is 0.0500. The van der Waals surface area contributed by atoms with Gasteiger partial charge in [-0.25, -0.2) is 4.39 Å². The van der Waals surface area contributed by atoms with Gasteiger partial charge in [0.2, 0.25) is 0 Å². The Labute approximate surface area is 159 Å². The number of carbonyl (C=O) groups is 2. The number of nitrogens with zero attached hydrogens (tertiary/aromatic N) is 1. The van der Waals surface area contributed by atoms with Gasteiger partial charge in [-0.1, -0.05) is 12.1 Å². The summed E-state index contributed by atoms with van der Waals surface area (Å²) in [6.07, 6.45) is 0. The van der Waals surface area contributed by atoms with E-state index in [1.807, 2.05) is 0 Å². The van der Waals surface area contributed by atoms with Crippen molar-refractivity contribution in [2.75, 3.05) is 13.1 Å². The summed E-state index contributed by atoms with van der Waals surface area (Å²) in [6, 6.07) is 5.71. The molecule has 1 aromatic rings. The van der Waals surface area contributed by atoms with Crippen molar-refractivity contribution < 1.29 is 83.3 Å². The second kappa shape index (κ2) is 7.89. The zero-order chi connectivity index (χ0) is 13.3. The van der Waals surface area contributed by atoms with E-state index in [0.717, 1.165) is 5.56 Å². The topological polar surface area (TPSA) is 83.5 Å². The van der Waals surface area contributed by atoms with E-state index in [0.29, 0.717) is 6.54 Å². The monoisotopic (exact) mass is 297 g/mol. The van der Waals surface area contributed by atoms with Crippen molar-refractivity contribution in [2.45, 2.75) is 6.54 Å². The molecule has 0 aromatic heterocycles. The molecular formula is C12H10FNNa2O4. The third kappa shape index (κ3) is 4.04. The Balaban J connectivity index is 0.00000180. The Morgan fingerprint density at radius 3 is 1.95 bits per heavy atom. The molecule has 1 aliphatic rings. The summed E-state index contributed by atoms with van der Waals surface area (Å²) in [7, 11) is 0. The molecule has 8 heteroatoms. The van der Waals surface area contributed by atoms with Gasteiger partial charge in [-0.2, -0.15) is 0 Å². The van der Waals surface area contributed by atoms with E-state index in [1.54, 1.807) is 17.0 Å². The zero-order valence-electron chi connectivity index (χ0n) is 11.4. The van der Waals surface area contributed by atoms with Crippen LogP contribution in [0, 0.1) is 11.2 Å². The molecule has 0 aliphatic carbocycles. The predicted molar refractivity (Wildman–Crippen MR) is 54.1 cm³/mol. The van der Waals surface area contributed by atoms with Gasteiger partial charge in [-0.3, -0.25) is 4.90 Å². The molecule has 2 rings (SSSR count). The Bertz CT molecular complexity index is 473. The summed E-state index contributed by atoms with van der Waals surface area (Å²) in [5.74, 6) is -3.61. The molecule has 1 aromatic carbocycles. The standard InChI is InChI=1S/C12H12FNO4.2Na/c13-9-3-1-8(2-4-9)5-14-6-12(7-14,10(15)16)11(17)18;;/h1-4H,5-7H2,(H,15,16)(H,17,18);;/q;2*+1/p-2. The van der Waals surface area contributed by atoms with Crippen molar-refractivity contribution in [3.05, 3.63) is 35.6 Å². The smallest absolute Gasteiger partial charge is 0.549 e. The van der Waals surface area contributed by atoms with E-state index in [1.165, 1.54) is 12.1 Å². The Morgan fingerprint density at radius 1 is 1.10 bits per heavy atom. The van der Waals surface area contributed by atoms with Gasteiger partial charge in [-0.05, 0) is 17.7 Å². The van der Waals surface area contributed by atoms with Crippen molar-refractivity contribution in [3.8, 4) is 0 Å². The van der Waals surface area contributed by atoms with E-state index in [4.69, 9.17) is 0 Å². The average molecular weight is 297 g/mol. The molecule has 0 atom stereocenters. The van der Waals surface area contributed by atoms with Crippen molar-refractivity contribution in [1.82, 2.24) is 4.90 Å². The SMILES string of the molecule is O=C([O-])C1(C(=O)[O-])CN(Cc2ccc(F)cc2)C1.[Na+].[Na+]. The number of carboxylic acids is 2. The molecule has 1 aliphatic heterocycles. The van der Waals surface area contributed by atoms with Crippen LogP contribution in [0.1, 0.15) is 5.56 Å². The molecule has 0 unspecified atom stereocenters. The fourth-order valence-electron chi connectivity index (χ4n) is 2.02. The van der Waals surface area contributed by atoms with Crippen molar-refractivity contribution in [3.63, 3.8) is 0 Å². The number of halogens is 1. The van der Waals surface area contributed by atoms with Crippen LogP contribution in [-0.4, -0.2) is 29.9 Å². The Morgan fingerprint density at radius 2 is 1.55 bits per heavy atom. The molecule has 0 spiro atoms. The van der Waals surface area contributed by atoms with Crippen LogP contribution < -0.4 is 69.3 Å². The minimum Gasteiger partial charge on any atom is -0.549 e. The van der Waals surface area contributed by atoms with Crippen LogP contribution in [0.5, 0.6) is 0 Å². The molecule has 0 bridgehead atoms. The molecule has 1 heterocycles. The molecule has 96 valence electrons. The van der Waals surface area contributed by atoms with Gasteiger partial charge in [0.25, 0.3) is 0 Å². The van der Waals surface area contributed by atoms with Gasteiger partial charge in [0.1, 0.15) is 5.82 Å². The fraction of sp³-hybridized carbons (Fsp3) is 0.333. The summed E-state index contributed by atoms with van der Waals surface area (Å²) >= 11 is 0. The summed E-state index contributed by atoms with van der Waals surface area (Å²) in [6.45, 7) is 0.0483. The molecule has 0 radical (unpaired) electrons. The van der Waals surface area contributed by atoms with Gasteiger partial charge in [-0.15, -0.1) is 0 Å². The van der Waals surface area contributed by atoms with E-state index in [2.05, 4.69) is 0 Å². The summed E-state index contributed by atoms with van der Waals surface area (Å²) in [5.41, 5.74) is -1.14. The van der Waals surface area contributed by atoms with Crippen LogP contribution in [0.4, 0.5) is 4.39 Å². The summed E-state index contributed by atoms with van der Waals surface area (Å²) in [4.78, 5) is 23.2. The van der Waals surface area contributed by atoms with E-state index in [-0.39, 0.29) is 78.0 Å². The normalized spacial score (nSPS) is 16.2. The molecule has 5 nitrogen and oxygen atoms in total. The van der Waals surface area contributed by atoms with Crippen LogP contribution >= 0.6 is 0 Å². The van der Waals surface area contributed by atoms with Crippen LogP contribution in [0.2, 0.25) is 0 Å². The molecule has 20 heavy (non-hydrogen) atoms.